The number of rotatable bonds is 6. The summed E-state index contributed by atoms with van der Waals surface area (Å²) in [6.45, 7) is 7.99. The van der Waals surface area contributed by atoms with E-state index in [1.165, 1.54) is 11.1 Å². The van der Waals surface area contributed by atoms with Crippen molar-refractivity contribution in [2.24, 2.45) is 4.99 Å². The molecule has 0 unspecified atom stereocenters. The van der Waals surface area contributed by atoms with Gasteiger partial charge in [-0.05, 0) is 38.3 Å². The van der Waals surface area contributed by atoms with Crippen molar-refractivity contribution in [3.63, 3.8) is 0 Å². The van der Waals surface area contributed by atoms with E-state index < -0.39 is 0 Å². The molecule has 0 aromatic heterocycles. The Balaban J connectivity index is 0.00000392. The summed E-state index contributed by atoms with van der Waals surface area (Å²) in [6.07, 6.45) is 1.20. The van der Waals surface area contributed by atoms with Crippen LogP contribution in [0.25, 0.3) is 0 Å². The fraction of sp³-hybridized carbons (Fsp3) is 0.550. The largest absolute Gasteiger partial charge is 0.356 e. The molecular weight excluding hydrogens is 469 g/mol. The highest BCUT2D eigenvalue weighted by atomic mass is 127. The number of nitrogens with zero attached hydrogens (tertiary/aromatic N) is 2. The molecule has 0 radical (unpaired) electrons. The third kappa shape index (κ3) is 8.04. The van der Waals surface area contributed by atoms with Gasteiger partial charge in [0.25, 0.3) is 0 Å². The molecule has 1 aromatic carbocycles. The fourth-order valence-electron chi connectivity index (χ4n) is 2.96. The van der Waals surface area contributed by atoms with Crippen LogP contribution in [0.2, 0.25) is 0 Å². The fourth-order valence-corrected chi connectivity index (χ4v) is 2.96. The highest BCUT2D eigenvalue weighted by Gasteiger charge is 2.22. The Hall–Kier alpha value is -1.84. The number of hydrogen-bond acceptors (Lipinski definition) is 3. The predicted molar refractivity (Wildman–Crippen MR) is 123 cm³/mol. The van der Waals surface area contributed by atoms with E-state index in [1.807, 2.05) is 37.8 Å². The molecule has 3 N–H and O–H groups in total. The lowest BCUT2D eigenvalue weighted by atomic mass is 10.1. The molecule has 1 aromatic rings. The Bertz CT molecular complexity index is 675. The van der Waals surface area contributed by atoms with Gasteiger partial charge in [-0.25, -0.2) is 0 Å². The molecule has 0 atom stereocenters. The van der Waals surface area contributed by atoms with Crippen molar-refractivity contribution in [3.8, 4) is 0 Å². The molecule has 156 valence electrons. The number of benzene rings is 1. The standard InChI is InChI=1S/C20H31N5O2.HI/c1-20(2,3)24-17(26)12-23-19(21-4)22-11-7-10-18(27)25-13-15-8-5-6-9-16(15)14-25;/h5-6,8-9H,7,10-14H2,1-4H3,(H,24,26)(H2,21,22,23);1H. The van der Waals surface area contributed by atoms with Gasteiger partial charge in [-0.15, -0.1) is 24.0 Å². The zero-order chi connectivity index (χ0) is 19.9. The maximum absolute atomic E-state index is 12.4. The molecule has 0 fully saturated rings. The second-order valence-corrected chi connectivity index (χ2v) is 7.77. The minimum absolute atomic E-state index is 0. The van der Waals surface area contributed by atoms with Crippen molar-refractivity contribution in [2.45, 2.75) is 52.2 Å². The van der Waals surface area contributed by atoms with Crippen molar-refractivity contribution in [1.82, 2.24) is 20.9 Å². The van der Waals surface area contributed by atoms with Gasteiger partial charge >= 0.3 is 0 Å². The first-order chi connectivity index (χ1) is 12.8. The smallest absolute Gasteiger partial charge is 0.239 e. The normalized spacial score (nSPS) is 13.4. The third-order valence-electron chi connectivity index (χ3n) is 4.21. The van der Waals surface area contributed by atoms with Crippen LogP contribution < -0.4 is 16.0 Å². The van der Waals surface area contributed by atoms with Gasteiger partial charge in [0.1, 0.15) is 0 Å². The van der Waals surface area contributed by atoms with E-state index in [0.717, 1.165) is 0 Å². The second-order valence-electron chi connectivity index (χ2n) is 7.77. The number of halogens is 1. The SMILES string of the molecule is CN=C(NCCCC(=O)N1Cc2ccccc2C1)NCC(=O)NC(C)(C)C.I. The number of fused-ring (bicyclic) bond motifs is 1. The predicted octanol–water partition coefficient (Wildman–Crippen LogP) is 2.01. The van der Waals surface area contributed by atoms with Crippen LogP contribution >= 0.6 is 24.0 Å². The van der Waals surface area contributed by atoms with E-state index in [0.29, 0.717) is 38.4 Å². The van der Waals surface area contributed by atoms with Gasteiger partial charge in [0, 0.05) is 38.6 Å². The molecule has 0 saturated heterocycles. The molecule has 1 heterocycles. The van der Waals surface area contributed by atoms with E-state index >= 15 is 0 Å². The summed E-state index contributed by atoms with van der Waals surface area (Å²) in [6, 6.07) is 8.18. The molecule has 2 amide bonds. The summed E-state index contributed by atoms with van der Waals surface area (Å²) in [5, 5.41) is 9.00. The van der Waals surface area contributed by atoms with E-state index in [9.17, 15) is 9.59 Å². The summed E-state index contributed by atoms with van der Waals surface area (Å²) in [4.78, 5) is 30.2. The maximum Gasteiger partial charge on any atom is 0.239 e. The van der Waals surface area contributed by atoms with E-state index in [1.54, 1.807) is 7.05 Å². The molecule has 7 nitrogen and oxygen atoms in total. The first-order valence-electron chi connectivity index (χ1n) is 9.38. The Morgan fingerprint density at radius 1 is 1.11 bits per heavy atom. The Labute approximate surface area is 184 Å². The Kier molecular flexibility index (Phi) is 9.71. The lowest BCUT2D eigenvalue weighted by Crippen LogP contribution is -2.48. The zero-order valence-corrected chi connectivity index (χ0v) is 19.5. The minimum Gasteiger partial charge on any atom is -0.356 e. The quantitative estimate of drug-likeness (QED) is 0.241. The number of carbonyl (C=O) groups excluding carboxylic acids is 2. The highest BCUT2D eigenvalue weighted by Crippen LogP contribution is 2.22. The van der Waals surface area contributed by atoms with E-state index in [4.69, 9.17) is 0 Å². The van der Waals surface area contributed by atoms with Crippen LogP contribution in [0.15, 0.2) is 29.3 Å². The lowest BCUT2D eigenvalue weighted by molar-refractivity contribution is -0.131. The van der Waals surface area contributed by atoms with Gasteiger partial charge < -0.3 is 20.9 Å². The third-order valence-corrected chi connectivity index (χ3v) is 4.21. The van der Waals surface area contributed by atoms with Gasteiger partial charge in [0.2, 0.25) is 11.8 Å². The van der Waals surface area contributed by atoms with E-state index in [-0.39, 0.29) is 47.9 Å². The first kappa shape index (κ1) is 24.2. The number of hydrogen-bond donors (Lipinski definition) is 3. The molecule has 2 rings (SSSR count). The summed E-state index contributed by atoms with van der Waals surface area (Å²) >= 11 is 0. The topological polar surface area (TPSA) is 85.8 Å². The number of nitrogens with one attached hydrogen (secondary N) is 3. The van der Waals surface area contributed by atoms with E-state index in [2.05, 4.69) is 33.1 Å². The maximum atomic E-state index is 12.4. The van der Waals surface area contributed by atoms with Crippen LogP contribution in [0.5, 0.6) is 0 Å². The van der Waals surface area contributed by atoms with Crippen molar-refractivity contribution >= 4 is 41.8 Å². The number of aliphatic imine (C=N–C) groups is 1. The minimum atomic E-state index is -0.259. The molecular formula is C20H32IN5O2. The monoisotopic (exact) mass is 501 g/mol. The van der Waals surface area contributed by atoms with Crippen LogP contribution in [0, 0.1) is 0 Å². The zero-order valence-electron chi connectivity index (χ0n) is 17.2. The van der Waals surface area contributed by atoms with Crippen LogP contribution in [-0.2, 0) is 22.7 Å². The van der Waals surface area contributed by atoms with Crippen molar-refractivity contribution in [3.05, 3.63) is 35.4 Å². The van der Waals surface area contributed by atoms with Crippen LogP contribution in [0.3, 0.4) is 0 Å². The van der Waals surface area contributed by atoms with Gasteiger partial charge in [0.15, 0.2) is 5.96 Å². The Morgan fingerprint density at radius 2 is 1.71 bits per heavy atom. The molecule has 28 heavy (non-hydrogen) atoms. The van der Waals surface area contributed by atoms with Crippen molar-refractivity contribution < 1.29 is 9.59 Å². The van der Waals surface area contributed by atoms with Crippen LogP contribution in [0.1, 0.15) is 44.7 Å². The van der Waals surface area contributed by atoms with Crippen molar-refractivity contribution in [1.29, 1.82) is 0 Å². The number of guanidine groups is 1. The molecule has 0 spiro atoms. The molecule has 0 bridgehead atoms. The molecule has 0 aliphatic carbocycles. The van der Waals surface area contributed by atoms with Gasteiger partial charge in [0.05, 0.1) is 6.54 Å². The molecule has 1 aliphatic heterocycles. The summed E-state index contributed by atoms with van der Waals surface area (Å²) < 4.78 is 0. The highest BCUT2D eigenvalue weighted by molar-refractivity contribution is 14.0. The summed E-state index contributed by atoms with van der Waals surface area (Å²) in [7, 11) is 1.66. The van der Waals surface area contributed by atoms with Gasteiger partial charge in [-0.3, -0.25) is 14.6 Å². The van der Waals surface area contributed by atoms with Crippen LogP contribution in [-0.4, -0.2) is 48.3 Å². The first-order valence-corrected chi connectivity index (χ1v) is 9.38. The average Bonchev–Trinajstić information content (AvgIpc) is 3.03. The molecule has 0 saturated carbocycles. The molecule has 8 heteroatoms. The second kappa shape index (κ2) is 11.2. The van der Waals surface area contributed by atoms with Crippen molar-refractivity contribution in [2.75, 3.05) is 20.1 Å². The lowest BCUT2D eigenvalue weighted by Gasteiger charge is -2.21. The van der Waals surface area contributed by atoms with Gasteiger partial charge in [-0.2, -0.15) is 0 Å². The number of carbonyl (C=O) groups is 2. The van der Waals surface area contributed by atoms with Crippen LogP contribution in [0.4, 0.5) is 0 Å². The molecule has 1 aliphatic rings. The Morgan fingerprint density at radius 3 is 2.25 bits per heavy atom. The summed E-state index contributed by atoms with van der Waals surface area (Å²) in [5.41, 5.74) is 2.22. The van der Waals surface area contributed by atoms with Gasteiger partial charge in [-0.1, -0.05) is 24.3 Å². The average molecular weight is 501 g/mol. The number of amides is 2. The summed E-state index contributed by atoms with van der Waals surface area (Å²) in [5.74, 6) is 0.634.